The van der Waals surface area contributed by atoms with Crippen LogP contribution < -0.4 is 5.90 Å². The van der Waals surface area contributed by atoms with Gasteiger partial charge in [0, 0.05) is 0 Å². The number of rotatable bonds is 0. The van der Waals surface area contributed by atoms with E-state index in [0.717, 1.165) is 0 Å². The molecule has 3 nitrogen and oxygen atoms in total. The van der Waals surface area contributed by atoms with Crippen molar-refractivity contribution in [2.24, 2.45) is 5.90 Å². The van der Waals surface area contributed by atoms with Crippen LogP contribution in [-0.2, 0) is 15.5 Å². The summed E-state index contributed by atoms with van der Waals surface area (Å²) < 4.78 is 5.44. The molecule has 45 valence electrons. The molecule has 0 aliphatic carbocycles. The Bertz CT molecular complexity index is 11.5. The minimum atomic E-state index is 0. The van der Waals surface area contributed by atoms with E-state index in [1.54, 1.807) is 0 Å². The molecule has 0 aromatic carbocycles. The van der Waals surface area contributed by atoms with Crippen LogP contribution >= 0.6 is 0 Å². The fourth-order valence-corrected chi connectivity index (χ4v) is 0. The van der Waals surface area contributed by atoms with Crippen LogP contribution in [0.25, 0.3) is 0 Å². The number of nitrogens with one attached hydrogen (secondary N) is 1. The van der Waals surface area contributed by atoms with Crippen molar-refractivity contribution in [3.8, 4) is 0 Å². The van der Waals surface area contributed by atoms with Crippen LogP contribution in [0.15, 0.2) is 0 Å². The maximum absolute atomic E-state index is 6.50. The van der Waals surface area contributed by atoms with Gasteiger partial charge in [-0.3, -0.25) is 0 Å². The van der Waals surface area contributed by atoms with Gasteiger partial charge in [0.1, 0.15) is 0 Å². The summed E-state index contributed by atoms with van der Waals surface area (Å²) in [5, 5.41) is 6.50. The molecule has 0 bridgehead atoms. The molecule has 0 atom stereocenters. The molecule has 0 rings (SSSR count). The Hall–Kier alpha value is 0.226. The Morgan fingerprint density at radius 3 is 1.17 bits per heavy atom. The molecule has 0 fully saturated rings. The van der Waals surface area contributed by atoms with Gasteiger partial charge in [-0.25, -0.2) is 5.90 Å². The van der Waals surface area contributed by atoms with E-state index in [1.165, 1.54) is 0 Å². The SMILES string of the molecule is NO.[CH3-].[CH3-].[NH]=[Co]. The molecule has 0 aromatic heterocycles. The van der Waals surface area contributed by atoms with E-state index in [9.17, 15) is 0 Å². The van der Waals surface area contributed by atoms with Gasteiger partial charge in [-0.15, -0.1) is 0 Å². The second-order valence-electron chi connectivity index (χ2n) is 0. The molecule has 0 saturated carbocycles. The van der Waals surface area contributed by atoms with Gasteiger partial charge in [0.2, 0.25) is 0 Å². The summed E-state index contributed by atoms with van der Waals surface area (Å²) in [6.45, 7) is 0. The number of hydrogen-bond donors (Lipinski definition) is 3. The molecule has 4 N–H and O–H groups in total. The van der Waals surface area contributed by atoms with E-state index in [2.05, 4.69) is 21.4 Å². The number of nitrogens with two attached hydrogens (primary N) is 1. The summed E-state index contributed by atoms with van der Waals surface area (Å²) >= 11 is 2.81. The first kappa shape index (κ1) is 34.3. The third-order valence-electron chi connectivity index (χ3n) is 0. The van der Waals surface area contributed by atoms with Crippen molar-refractivity contribution < 1.29 is 20.7 Å². The van der Waals surface area contributed by atoms with E-state index in [0.29, 0.717) is 0 Å². The third-order valence-corrected chi connectivity index (χ3v) is 0. The molecular weight excluding hydrogens is 127 g/mol. The Morgan fingerprint density at radius 1 is 1.17 bits per heavy atom. The standard InChI is InChI=1S/2CH3.Co.H3NO.HN/c;;;1-2;/h2*1H3;;2H,1H2;1H/q2*-1;;;. The summed E-state index contributed by atoms with van der Waals surface area (Å²) in [6, 6.07) is 0. The monoisotopic (exact) mass is 137 g/mol. The van der Waals surface area contributed by atoms with E-state index >= 15 is 0 Å². The Morgan fingerprint density at radius 2 is 1.17 bits per heavy atom. The zero-order valence-corrected chi connectivity index (χ0v) is 4.90. The summed E-state index contributed by atoms with van der Waals surface area (Å²) in [5.41, 5.74) is 0. The molecule has 0 heterocycles. The minimum absolute atomic E-state index is 0. The van der Waals surface area contributed by atoms with Gasteiger partial charge < -0.3 is 20.1 Å². The first-order chi connectivity index (χ1) is 2.00. The van der Waals surface area contributed by atoms with Gasteiger partial charge in [-0.05, 0) is 0 Å². The second-order valence-corrected chi connectivity index (χ2v) is 0. The van der Waals surface area contributed by atoms with Gasteiger partial charge >= 0.3 is 20.0 Å². The molecule has 6 heavy (non-hydrogen) atoms. The molecule has 0 amide bonds. The summed E-state index contributed by atoms with van der Waals surface area (Å²) in [4.78, 5) is 0. The molecular formula is C2H10CoN2O-2. The van der Waals surface area contributed by atoms with Crippen molar-refractivity contribution in [3.63, 3.8) is 0 Å². The van der Waals surface area contributed by atoms with Crippen LogP contribution in [0.4, 0.5) is 0 Å². The molecule has 0 spiro atoms. The molecule has 0 aliphatic heterocycles. The predicted molar refractivity (Wildman–Crippen MR) is 21.5 cm³/mol. The van der Waals surface area contributed by atoms with Crippen LogP contribution in [-0.4, -0.2) is 5.21 Å². The molecule has 0 aromatic rings. The average molecular weight is 137 g/mol. The van der Waals surface area contributed by atoms with Crippen molar-refractivity contribution in [1.29, 1.82) is 4.41 Å². The average Bonchev–Trinajstić information content (AvgIpc) is 1.50. The van der Waals surface area contributed by atoms with Gasteiger partial charge in [0.15, 0.2) is 0 Å². The normalized spacial score (nSPS) is 1.83. The van der Waals surface area contributed by atoms with Gasteiger partial charge in [-0.1, -0.05) is 0 Å². The van der Waals surface area contributed by atoms with Gasteiger partial charge in [-0.2, -0.15) is 0 Å². The fraction of sp³-hybridized carbons (Fsp3) is 0. The van der Waals surface area contributed by atoms with Crippen LogP contribution in [0.5, 0.6) is 0 Å². The first-order valence-electron chi connectivity index (χ1n) is 0.425. The molecule has 4 heteroatoms. The quantitative estimate of drug-likeness (QED) is 0.336. The fourth-order valence-electron chi connectivity index (χ4n) is 0. The third kappa shape index (κ3) is 858. The van der Waals surface area contributed by atoms with E-state index < -0.39 is 0 Å². The van der Waals surface area contributed by atoms with Crippen molar-refractivity contribution in [2.75, 3.05) is 0 Å². The molecule has 0 radical (unpaired) electrons. The maximum atomic E-state index is 6.50. The molecule has 0 unspecified atom stereocenters. The summed E-state index contributed by atoms with van der Waals surface area (Å²) in [7, 11) is 0. The van der Waals surface area contributed by atoms with E-state index in [1.807, 2.05) is 0 Å². The van der Waals surface area contributed by atoms with Crippen LogP contribution in [0.2, 0.25) is 0 Å². The zero-order chi connectivity index (χ0) is 4.00. The van der Waals surface area contributed by atoms with Crippen molar-refractivity contribution in [1.82, 2.24) is 0 Å². The van der Waals surface area contributed by atoms with Crippen LogP contribution in [0.3, 0.4) is 0 Å². The Labute approximate surface area is 46.7 Å². The van der Waals surface area contributed by atoms with E-state index in [4.69, 9.17) is 9.62 Å². The summed E-state index contributed by atoms with van der Waals surface area (Å²) in [5.74, 6) is 3.50. The predicted octanol–water partition coefficient (Wildman–Crippen LogP) is 0.530. The first-order valence-corrected chi connectivity index (χ1v) is 0.945. The topological polar surface area (TPSA) is 70.1 Å². The van der Waals surface area contributed by atoms with Gasteiger partial charge in [0.05, 0.1) is 0 Å². The van der Waals surface area contributed by atoms with Crippen molar-refractivity contribution >= 4 is 0 Å². The second kappa shape index (κ2) is 1820. The van der Waals surface area contributed by atoms with Crippen molar-refractivity contribution in [3.05, 3.63) is 14.9 Å². The molecule has 0 saturated heterocycles. The van der Waals surface area contributed by atoms with Crippen molar-refractivity contribution in [2.45, 2.75) is 0 Å². The zero-order valence-electron chi connectivity index (χ0n) is 3.86. The Balaban J connectivity index is -0.00000000500. The van der Waals surface area contributed by atoms with Crippen LogP contribution in [0.1, 0.15) is 0 Å². The van der Waals surface area contributed by atoms with E-state index in [-0.39, 0.29) is 14.9 Å². The van der Waals surface area contributed by atoms with Crippen LogP contribution in [0, 0.1) is 19.3 Å². The Kier molecular flexibility index (Phi) is 10400. The number of hydrogen-bond acceptors (Lipinski definition) is 3. The van der Waals surface area contributed by atoms with Gasteiger partial charge in [0.25, 0.3) is 0 Å². The molecule has 0 aliphatic rings. The summed E-state index contributed by atoms with van der Waals surface area (Å²) in [6.07, 6.45) is 0.